The highest BCUT2D eigenvalue weighted by Gasteiger charge is 2.17. The summed E-state index contributed by atoms with van der Waals surface area (Å²) < 4.78 is 19.6. The Labute approximate surface area is 130 Å². The van der Waals surface area contributed by atoms with Crippen LogP contribution in [0, 0.1) is 5.82 Å². The number of hydrogen-bond donors (Lipinski definition) is 2. The van der Waals surface area contributed by atoms with Crippen LogP contribution < -0.4 is 15.8 Å². The van der Waals surface area contributed by atoms with Crippen LogP contribution in [0.4, 0.5) is 15.8 Å². The van der Waals surface area contributed by atoms with Gasteiger partial charge in [0.2, 0.25) is 0 Å². The molecule has 2 aromatic carbocycles. The summed E-state index contributed by atoms with van der Waals surface area (Å²) in [6, 6.07) is 11.2. The number of carbonyl (C=O) groups excluding carboxylic acids is 1. The van der Waals surface area contributed by atoms with Gasteiger partial charge in [0.15, 0.2) is 17.7 Å². The first kappa shape index (κ1) is 15.3. The number of amides is 1. The van der Waals surface area contributed by atoms with Crippen LogP contribution in [0.25, 0.3) is 0 Å². The number of nitrogens with one attached hydrogen (secondary N) is 1. The molecule has 2 aromatic rings. The van der Waals surface area contributed by atoms with Gasteiger partial charge in [-0.3, -0.25) is 4.79 Å². The van der Waals surface area contributed by atoms with E-state index in [1.165, 1.54) is 19.1 Å². The first-order valence-electron chi connectivity index (χ1n) is 6.24. The van der Waals surface area contributed by atoms with Crippen LogP contribution in [0.15, 0.2) is 46.9 Å². The fraction of sp³-hybridized carbons (Fsp3) is 0.133. The van der Waals surface area contributed by atoms with Gasteiger partial charge in [-0.15, -0.1) is 0 Å². The largest absolute Gasteiger partial charge is 0.478 e. The van der Waals surface area contributed by atoms with E-state index in [9.17, 15) is 9.18 Å². The van der Waals surface area contributed by atoms with Crippen molar-refractivity contribution in [3.8, 4) is 5.75 Å². The van der Waals surface area contributed by atoms with Crippen molar-refractivity contribution < 1.29 is 13.9 Å². The molecule has 0 aromatic heterocycles. The Morgan fingerprint density at radius 1 is 1.33 bits per heavy atom. The molecule has 1 amide bonds. The number of rotatable bonds is 4. The third-order valence-electron chi connectivity index (χ3n) is 2.79. The Hall–Kier alpha value is -2.08. The topological polar surface area (TPSA) is 64.3 Å². The summed E-state index contributed by atoms with van der Waals surface area (Å²) in [5.41, 5.74) is 6.69. The second-order valence-electron chi connectivity index (χ2n) is 4.41. The molecular weight excluding hydrogens is 339 g/mol. The van der Waals surface area contributed by atoms with E-state index in [-0.39, 0.29) is 5.75 Å². The van der Waals surface area contributed by atoms with Crippen molar-refractivity contribution in [2.75, 3.05) is 11.1 Å². The molecule has 0 saturated carbocycles. The van der Waals surface area contributed by atoms with Gasteiger partial charge in [-0.05, 0) is 37.3 Å². The maximum absolute atomic E-state index is 13.7. The van der Waals surface area contributed by atoms with Crippen molar-refractivity contribution in [3.63, 3.8) is 0 Å². The lowest BCUT2D eigenvalue weighted by Crippen LogP contribution is -2.30. The third-order valence-corrected chi connectivity index (χ3v) is 3.28. The number of halogens is 2. The predicted molar refractivity (Wildman–Crippen MR) is 83.7 cm³/mol. The van der Waals surface area contributed by atoms with Crippen LogP contribution in [0.3, 0.4) is 0 Å². The molecule has 0 fully saturated rings. The Balaban J connectivity index is 2.04. The number of ether oxygens (including phenoxy) is 1. The standard InChI is InChI=1S/C15H14BrFN2O2/c1-9(21-14-7-6-10(16)8-11(14)17)15(20)19-13-5-3-2-4-12(13)18/h2-9H,18H2,1H3,(H,19,20). The summed E-state index contributed by atoms with van der Waals surface area (Å²) in [4.78, 5) is 12.0. The van der Waals surface area contributed by atoms with Gasteiger partial charge >= 0.3 is 0 Å². The van der Waals surface area contributed by atoms with Gasteiger partial charge in [-0.1, -0.05) is 28.1 Å². The van der Waals surface area contributed by atoms with Crippen molar-refractivity contribution in [1.82, 2.24) is 0 Å². The second kappa shape index (κ2) is 6.58. The van der Waals surface area contributed by atoms with Gasteiger partial charge in [0.25, 0.3) is 5.91 Å². The lowest BCUT2D eigenvalue weighted by Gasteiger charge is -2.16. The summed E-state index contributed by atoms with van der Waals surface area (Å²) >= 11 is 3.15. The lowest BCUT2D eigenvalue weighted by molar-refractivity contribution is -0.122. The van der Waals surface area contributed by atoms with Gasteiger partial charge in [-0.25, -0.2) is 4.39 Å². The quantitative estimate of drug-likeness (QED) is 0.826. The number of nitrogen functional groups attached to an aromatic ring is 1. The summed E-state index contributed by atoms with van der Waals surface area (Å²) in [5.74, 6) is -0.930. The molecule has 6 heteroatoms. The number of anilines is 2. The molecular formula is C15H14BrFN2O2. The SMILES string of the molecule is CC(Oc1ccc(Br)cc1F)C(=O)Nc1ccccc1N. The zero-order chi connectivity index (χ0) is 15.4. The molecule has 21 heavy (non-hydrogen) atoms. The van der Waals surface area contributed by atoms with Crippen molar-refractivity contribution in [2.24, 2.45) is 0 Å². The summed E-state index contributed by atoms with van der Waals surface area (Å²) in [6.45, 7) is 1.54. The van der Waals surface area contributed by atoms with E-state index in [1.54, 1.807) is 30.3 Å². The lowest BCUT2D eigenvalue weighted by atomic mass is 10.2. The highest BCUT2D eigenvalue weighted by atomic mass is 79.9. The van der Waals surface area contributed by atoms with E-state index < -0.39 is 17.8 Å². The average Bonchev–Trinajstić information content (AvgIpc) is 2.44. The number of nitrogens with two attached hydrogens (primary N) is 1. The number of carbonyl (C=O) groups is 1. The predicted octanol–water partition coefficient (Wildman–Crippen LogP) is 3.58. The van der Waals surface area contributed by atoms with Crippen molar-refractivity contribution in [3.05, 3.63) is 52.8 Å². The maximum Gasteiger partial charge on any atom is 0.265 e. The molecule has 2 rings (SSSR count). The Morgan fingerprint density at radius 2 is 2.05 bits per heavy atom. The maximum atomic E-state index is 13.7. The normalized spacial score (nSPS) is 11.8. The molecule has 3 N–H and O–H groups in total. The minimum Gasteiger partial charge on any atom is -0.478 e. The summed E-state index contributed by atoms with van der Waals surface area (Å²) in [7, 11) is 0. The number of hydrogen-bond acceptors (Lipinski definition) is 3. The fourth-order valence-electron chi connectivity index (χ4n) is 1.66. The van der Waals surface area contributed by atoms with E-state index >= 15 is 0 Å². The molecule has 0 spiro atoms. The minimum absolute atomic E-state index is 0.0156. The van der Waals surface area contributed by atoms with Crippen molar-refractivity contribution in [1.29, 1.82) is 0 Å². The summed E-state index contributed by atoms with van der Waals surface area (Å²) in [5, 5.41) is 2.64. The number of benzene rings is 2. The Morgan fingerprint density at radius 3 is 2.71 bits per heavy atom. The molecule has 1 unspecified atom stereocenters. The van der Waals surface area contributed by atoms with Crippen LogP contribution in [-0.4, -0.2) is 12.0 Å². The first-order valence-corrected chi connectivity index (χ1v) is 7.03. The summed E-state index contributed by atoms with van der Waals surface area (Å²) in [6.07, 6.45) is -0.861. The molecule has 4 nitrogen and oxygen atoms in total. The van der Waals surface area contributed by atoms with Gasteiger partial charge in [0.05, 0.1) is 11.4 Å². The molecule has 0 heterocycles. The Bertz CT molecular complexity index is 664. The average molecular weight is 353 g/mol. The van der Waals surface area contributed by atoms with Crippen LogP contribution in [0.1, 0.15) is 6.92 Å². The first-order chi connectivity index (χ1) is 9.97. The van der Waals surface area contributed by atoms with E-state index in [2.05, 4.69) is 21.2 Å². The molecule has 0 radical (unpaired) electrons. The second-order valence-corrected chi connectivity index (χ2v) is 5.33. The van der Waals surface area contributed by atoms with E-state index in [4.69, 9.17) is 10.5 Å². The van der Waals surface area contributed by atoms with Crippen molar-refractivity contribution in [2.45, 2.75) is 13.0 Å². The van der Waals surface area contributed by atoms with Gasteiger partial charge in [0.1, 0.15) is 0 Å². The molecule has 0 aliphatic rings. The molecule has 1 atom stereocenters. The number of para-hydroxylation sites is 2. The highest BCUT2D eigenvalue weighted by molar-refractivity contribution is 9.10. The fourth-order valence-corrected chi connectivity index (χ4v) is 1.99. The van der Waals surface area contributed by atoms with Crippen LogP contribution in [0.2, 0.25) is 0 Å². The van der Waals surface area contributed by atoms with Gasteiger partial charge in [-0.2, -0.15) is 0 Å². The van der Waals surface area contributed by atoms with Crippen molar-refractivity contribution >= 4 is 33.2 Å². The minimum atomic E-state index is -0.861. The van der Waals surface area contributed by atoms with Crippen LogP contribution in [-0.2, 0) is 4.79 Å². The van der Waals surface area contributed by atoms with Crippen LogP contribution in [0.5, 0.6) is 5.75 Å². The molecule has 0 saturated heterocycles. The molecule has 0 bridgehead atoms. The smallest absolute Gasteiger partial charge is 0.265 e. The zero-order valence-electron chi connectivity index (χ0n) is 11.3. The Kier molecular flexibility index (Phi) is 4.80. The van der Waals surface area contributed by atoms with E-state index in [1.807, 2.05) is 0 Å². The van der Waals surface area contributed by atoms with E-state index in [0.717, 1.165) is 0 Å². The zero-order valence-corrected chi connectivity index (χ0v) is 12.9. The van der Waals surface area contributed by atoms with Gasteiger partial charge in [0, 0.05) is 4.47 Å². The monoisotopic (exact) mass is 352 g/mol. The molecule has 110 valence electrons. The molecule has 0 aliphatic heterocycles. The highest BCUT2D eigenvalue weighted by Crippen LogP contribution is 2.23. The van der Waals surface area contributed by atoms with E-state index in [0.29, 0.717) is 15.8 Å². The third kappa shape index (κ3) is 3.95. The van der Waals surface area contributed by atoms with Gasteiger partial charge < -0.3 is 15.8 Å². The van der Waals surface area contributed by atoms with Crippen LogP contribution >= 0.6 is 15.9 Å². The molecule has 0 aliphatic carbocycles.